The zero-order valence-electron chi connectivity index (χ0n) is 16.3. The quantitative estimate of drug-likeness (QED) is 0.359. The van der Waals surface area contributed by atoms with Gasteiger partial charge in [0.25, 0.3) is 5.91 Å². The fourth-order valence-corrected chi connectivity index (χ4v) is 2.77. The number of hydrogen-bond donors (Lipinski definition) is 4. The standard InChI is InChI=1S/C20H26Cl2N4O2/c1-4-12(2)19(24-9-14-5-6-16(21)17(22)7-14)26-20(27)18(13(3)8-23)25-15-10-28-11-15/h5-8,15,23-25H,4,9-11H2,1-3H3,(H,26,27)/b18-13-,19-12-,23-8?. The van der Waals surface area contributed by atoms with Gasteiger partial charge in [0.15, 0.2) is 0 Å². The Morgan fingerprint density at radius 3 is 2.54 bits per heavy atom. The molecular weight excluding hydrogens is 399 g/mol. The van der Waals surface area contributed by atoms with Gasteiger partial charge >= 0.3 is 0 Å². The van der Waals surface area contributed by atoms with Crippen LogP contribution < -0.4 is 16.0 Å². The zero-order chi connectivity index (χ0) is 20.7. The van der Waals surface area contributed by atoms with E-state index >= 15 is 0 Å². The minimum Gasteiger partial charge on any atom is -0.377 e. The zero-order valence-corrected chi connectivity index (χ0v) is 17.8. The van der Waals surface area contributed by atoms with Crippen molar-refractivity contribution in [3.63, 3.8) is 0 Å². The van der Waals surface area contributed by atoms with Crippen molar-refractivity contribution in [3.8, 4) is 0 Å². The number of rotatable bonds is 9. The van der Waals surface area contributed by atoms with E-state index in [1.807, 2.05) is 19.9 Å². The van der Waals surface area contributed by atoms with Gasteiger partial charge in [-0.3, -0.25) is 4.79 Å². The second-order valence-corrected chi connectivity index (χ2v) is 7.46. The van der Waals surface area contributed by atoms with Crippen LogP contribution in [0.3, 0.4) is 0 Å². The largest absolute Gasteiger partial charge is 0.377 e. The Morgan fingerprint density at radius 1 is 1.29 bits per heavy atom. The minimum atomic E-state index is -0.294. The normalized spacial score (nSPS) is 15.8. The molecule has 0 aromatic heterocycles. The molecule has 1 saturated heterocycles. The van der Waals surface area contributed by atoms with E-state index in [9.17, 15) is 4.79 Å². The summed E-state index contributed by atoms with van der Waals surface area (Å²) in [6.45, 7) is 7.29. The Balaban J connectivity index is 2.12. The van der Waals surface area contributed by atoms with Crippen LogP contribution in [0.2, 0.25) is 10.0 Å². The van der Waals surface area contributed by atoms with Crippen molar-refractivity contribution >= 4 is 35.3 Å². The number of nitrogens with one attached hydrogen (secondary N) is 4. The smallest absolute Gasteiger partial charge is 0.273 e. The highest BCUT2D eigenvalue weighted by molar-refractivity contribution is 6.42. The summed E-state index contributed by atoms with van der Waals surface area (Å²) in [5.41, 5.74) is 2.89. The molecule has 6 nitrogen and oxygen atoms in total. The third-order valence-corrected chi connectivity index (χ3v) is 5.21. The highest BCUT2D eigenvalue weighted by Crippen LogP contribution is 2.22. The van der Waals surface area contributed by atoms with Gasteiger partial charge in [0.2, 0.25) is 0 Å². The lowest BCUT2D eigenvalue weighted by Gasteiger charge is -2.29. The van der Waals surface area contributed by atoms with E-state index in [1.54, 1.807) is 19.1 Å². The van der Waals surface area contributed by atoms with Crippen LogP contribution in [-0.4, -0.2) is 31.4 Å². The average molecular weight is 425 g/mol. The van der Waals surface area contributed by atoms with Crippen LogP contribution in [0.15, 0.2) is 40.9 Å². The molecule has 1 aromatic carbocycles. The van der Waals surface area contributed by atoms with Crippen molar-refractivity contribution < 1.29 is 9.53 Å². The van der Waals surface area contributed by atoms with Crippen LogP contribution in [0.25, 0.3) is 0 Å². The molecule has 0 bridgehead atoms. The van der Waals surface area contributed by atoms with Gasteiger partial charge in [0.05, 0.1) is 29.3 Å². The van der Waals surface area contributed by atoms with Gasteiger partial charge in [-0.25, -0.2) is 0 Å². The van der Waals surface area contributed by atoms with Crippen LogP contribution in [-0.2, 0) is 16.1 Å². The number of allylic oxidation sites excluding steroid dienone is 2. The average Bonchev–Trinajstić information content (AvgIpc) is 2.65. The first kappa shape index (κ1) is 22.3. The molecule has 8 heteroatoms. The summed E-state index contributed by atoms with van der Waals surface area (Å²) >= 11 is 12.0. The molecule has 0 radical (unpaired) electrons. The minimum absolute atomic E-state index is 0.0829. The first-order valence-corrected chi connectivity index (χ1v) is 9.85. The van der Waals surface area contributed by atoms with Crippen LogP contribution in [0.1, 0.15) is 32.8 Å². The summed E-state index contributed by atoms with van der Waals surface area (Å²) in [5.74, 6) is 0.345. The van der Waals surface area contributed by atoms with Gasteiger partial charge < -0.3 is 26.1 Å². The molecule has 0 saturated carbocycles. The van der Waals surface area contributed by atoms with E-state index in [-0.39, 0.29) is 11.9 Å². The molecule has 1 aromatic rings. The highest BCUT2D eigenvalue weighted by Gasteiger charge is 2.23. The molecule has 0 unspecified atom stereocenters. The van der Waals surface area contributed by atoms with Crippen molar-refractivity contribution in [1.82, 2.24) is 16.0 Å². The monoisotopic (exact) mass is 424 g/mol. The van der Waals surface area contributed by atoms with Gasteiger partial charge in [0.1, 0.15) is 11.5 Å². The first-order valence-electron chi connectivity index (χ1n) is 9.10. The molecule has 0 spiro atoms. The SMILES string of the molecule is CC/C(C)=C(/NCc1ccc(Cl)c(Cl)c1)NC(=O)/C(NC1COC1)=C(\C)C=N. The van der Waals surface area contributed by atoms with E-state index in [4.69, 9.17) is 33.3 Å². The van der Waals surface area contributed by atoms with Crippen LogP contribution in [0.4, 0.5) is 0 Å². The summed E-state index contributed by atoms with van der Waals surface area (Å²) in [7, 11) is 0. The van der Waals surface area contributed by atoms with Crippen LogP contribution >= 0.6 is 23.2 Å². The maximum Gasteiger partial charge on any atom is 0.273 e. The summed E-state index contributed by atoms with van der Waals surface area (Å²) < 4.78 is 5.16. The number of amides is 1. The molecule has 1 aliphatic rings. The molecular formula is C20H26Cl2N4O2. The Morgan fingerprint density at radius 2 is 2.00 bits per heavy atom. The molecule has 0 atom stereocenters. The lowest BCUT2D eigenvalue weighted by atomic mass is 10.1. The number of carbonyl (C=O) groups excluding carboxylic acids is 1. The molecule has 1 amide bonds. The summed E-state index contributed by atoms with van der Waals surface area (Å²) in [6, 6.07) is 5.50. The third-order valence-electron chi connectivity index (χ3n) is 4.47. The number of ether oxygens (including phenoxy) is 1. The molecule has 1 heterocycles. The Hall–Kier alpha value is -2.02. The van der Waals surface area contributed by atoms with Crippen LogP contribution in [0.5, 0.6) is 0 Å². The third kappa shape index (κ3) is 5.99. The molecule has 2 rings (SSSR count). The molecule has 1 fully saturated rings. The maximum absolute atomic E-state index is 12.9. The fourth-order valence-electron chi connectivity index (χ4n) is 2.45. The molecule has 28 heavy (non-hydrogen) atoms. The summed E-state index contributed by atoms with van der Waals surface area (Å²) in [5, 5.41) is 17.9. The van der Waals surface area contributed by atoms with E-state index < -0.39 is 0 Å². The lowest BCUT2D eigenvalue weighted by Crippen LogP contribution is -2.49. The second kappa shape index (κ2) is 10.5. The van der Waals surface area contributed by atoms with Gasteiger partial charge in [0, 0.05) is 12.8 Å². The Bertz CT molecular complexity index is 801. The van der Waals surface area contributed by atoms with Crippen molar-refractivity contribution in [3.05, 3.63) is 56.5 Å². The number of carbonyl (C=O) groups is 1. The van der Waals surface area contributed by atoms with Crippen molar-refractivity contribution in [2.24, 2.45) is 0 Å². The van der Waals surface area contributed by atoms with Gasteiger partial charge in [-0.1, -0.05) is 36.2 Å². The molecule has 1 aliphatic heterocycles. The maximum atomic E-state index is 12.9. The Kier molecular flexibility index (Phi) is 8.35. The van der Waals surface area contributed by atoms with E-state index in [0.29, 0.717) is 46.9 Å². The lowest BCUT2D eigenvalue weighted by molar-refractivity contribution is -0.117. The highest BCUT2D eigenvalue weighted by atomic mass is 35.5. The number of hydrogen-bond acceptors (Lipinski definition) is 5. The summed E-state index contributed by atoms with van der Waals surface area (Å²) in [4.78, 5) is 12.9. The van der Waals surface area contributed by atoms with Crippen molar-refractivity contribution in [1.29, 1.82) is 5.41 Å². The second-order valence-electron chi connectivity index (χ2n) is 6.65. The van der Waals surface area contributed by atoms with E-state index in [0.717, 1.165) is 17.6 Å². The van der Waals surface area contributed by atoms with Gasteiger partial charge in [-0.15, -0.1) is 0 Å². The van der Waals surface area contributed by atoms with Crippen molar-refractivity contribution in [2.75, 3.05) is 13.2 Å². The fraction of sp³-hybridized carbons (Fsp3) is 0.400. The van der Waals surface area contributed by atoms with E-state index in [1.165, 1.54) is 6.21 Å². The topological polar surface area (TPSA) is 86.2 Å². The first-order chi connectivity index (χ1) is 13.3. The number of benzene rings is 1. The Labute approximate surface area is 175 Å². The van der Waals surface area contributed by atoms with Crippen molar-refractivity contribution in [2.45, 2.75) is 39.8 Å². The predicted octanol–water partition coefficient (Wildman–Crippen LogP) is 3.75. The molecule has 0 aliphatic carbocycles. The molecule has 152 valence electrons. The summed E-state index contributed by atoms with van der Waals surface area (Å²) in [6.07, 6.45) is 1.94. The van der Waals surface area contributed by atoms with Gasteiger partial charge in [-0.2, -0.15) is 0 Å². The predicted molar refractivity (Wildman–Crippen MR) is 114 cm³/mol. The molecule has 4 N–H and O–H groups in total. The van der Waals surface area contributed by atoms with Gasteiger partial charge in [-0.05, 0) is 49.1 Å². The van der Waals surface area contributed by atoms with Crippen LogP contribution in [0, 0.1) is 5.41 Å². The number of halogens is 2. The van der Waals surface area contributed by atoms with E-state index in [2.05, 4.69) is 16.0 Å².